The molecule has 1 fully saturated rings. The lowest BCUT2D eigenvalue weighted by Gasteiger charge is -2.20. The van der Waals surface area contributed by atoms with E-state index >= 15 is 0 Å². The van der Waals surface area contributed by atoms with E-state index in [0.717, 1.165) is 49.7 Å². The summed E-state index contributed by atoms with van der Waals surface area (Å²) in [4.78, 5) is 32.0. The number of nitrogens with zero attached hydrogens (tertiary/aromatic N) is 3. The Morgan fingerprint density at radius 2 is 2.29 bits per heavy atom. The van der Waals surface area contributed by atoms with Crippen LogP contribution >= 0.6 is 11.3 Å². The largest absolute Gasteiger partial charge is 0.343 e. The van der Waals surface area contributed by atoms with Gasteiger partial charge in [0, 0.05) is 31.4 Å². The molecule has 0 bridgehead atoms. The van der Waals surface area contributed by atoms with E-state index in [9.17, 15) is 9.59 Å². The summed E-state index contributed by atoms with van der Waals surface area (Å²) in [5.41, 5.74) is 0.773. The fourth-order valence-corrected chi connectivity index (χ4v) is 3.29. The number of likely N-dealkylation sites (N-methyl/N-ethyl adjacent to an activating group) is 1. The van der Waals surface area contributed by atoms with Gasteiger partial charge in [-0.05, 0) is 19.8 Å². The van der Waals surface area contributed by atoms with Crippen LogP contribution in [0.5, 0.6) is 0 Å². The van der Waals surface area contributed by atoms with Gasteiger partial charge in [0.1, 0.15) is 0 Å². The zero-order chi connectivity index (χ0) is 15.2. The highest BCUT2D eigenvalue weighted by Crippen LogP contribution is 2.25. The van der Waals surface area contributed by atoms with Crippen LogP contribution in [0.25, 0.3) is 0 Å². The second-order valence-electron chi connectivity index (χ2n) is 5.27. The van der Waals surface area contributed by atoms with E-state index in [2.05, 4.69) is 11.9 Å². The van der Waals surface area contributed by atoms with Gasteiger partial charge in [-0.25, -0.2) is 4.98 Å². The van der Waals surface area contributed by atoms with Gasteiger partial charge < -0.3 is 4.90 Å². The minimum atomic E-state index is 0.121. The van der Waals surface area contributed by atoms with Crippen LogP contribution in [0.15, 0.2) is 5.38 Å². The quantitative estimate of drug-likeness (QED) is 0.777. The van der Waals surface area contributed by atoms with Crippen molar-refractivity contribution in [2.24, 2.45) is 0 Å². The zero-order valence-electron chi connectivity index (χ0n) is 12.8. The molecule has 2 rings (SSSR count). The second-order valence-corrected chi connectivity index (χ2v) is 6.11. The Labute approximate surface area is 130 Å². The van der Waals surface area contributed by atoms with Crippen LogP contribution in [0.4, 0.5) is 5.13 Å². The van der Waals surface area contributed by atoms with Crippen molar-refractivity contribution < 1.29 is 9.59 Å². The van der Waals surface area contributed by atoms with Crippen LogP contribution in [0.1, 0.15) is 45.2 Å². The van der Waals surface area contributed by atoms with Gasteiger partial charge in [0.15, 0.2) is 5.13 Å². The minimum Gasteiger partial charge on any atom is -0.343 e. The lowest BCUT2D eigenvalue weighted by molar-refractivity contribution is -0.130. The first-order chi connectivity index (χ1) is 10.2. The van der Waals surface area contributed by atoms with Crippen molar-refractivity contribution in [1.82, 2.24) is 9.88 Å². The fraction of sp³-hybridized carbons (Fsp3) is 0.667. The highest BCUT2D eigenvalue weighted by Gasteiger charge is 2.24. The first kappa shape index (κ1) is 15.9. The summed E-state index contributed by atoms with van der Waals surface area (Å²) in [5, 5.41) is 2.63. The second kappa shape index (κ2) is 7.54. The Balaban J connectivity index is 1.95. The topological polar surface area (TPSA) is 53.5 Å². The molecule has 116 valence electrons. The molecule has 1 aromatic rings. The van der Waals surface area contributed by atoms with Crippen LogP contribution in [0, 0.1) is 0 Å². The molecule has 0 spiro atoms. The number of aromatic nitrogens is 1. The molecule has 2 amide bonds. The molecule has 0 radical (unpaired) electrons. The van der Waals surface area contributed by atoms with Gasteiger partial charge in [-0.3, -0.25) is 14.5 Å². The summed E-state index contributed by atoms with van der Waals surface area (Å²) in [5.74, 6) is 0.260. The number of amides is 2. The molecule has 1 aliphatic rings. The van der Waals surface area contributed by atoms with Crippen LogP contribution < -0.4 is 4.90 Å². The van der Waals surface area contributed by atoms with E-state index in [0.29, 0.717) is 12.8 Å². The highest BCUT2D eigenvalue weighted by molar-refractivity contribution is 7.14. The van der Waals surface area contributed by atoms with Crippen molar-refractivity contribution in [1.29, 1.82) is 0 Å². The average Bonchev–Trinajstić information content (AvgIpc) is 3.08. The molecule has 5 nitrogen and oxygen atoms in total. The molecule has 21 heavy (non-hydrogen) atoms. The monoisotopic (exact) mass is 309 g/mol. The van der Waals surface area contributed by atoms with Crippen LogP contribution in [-0.2, 0) is 16.0 Å². The first-order valence-corrected chi connectivity index (χ1v) is 8.56. The van der Waals surface area contributed by atoms with Crippen LogP contribution in [-0.4, -0.2) is 41.3 Å². The summed E-state index contributed by atoms with van der Waals surface area (Å²) in [6.07, 6.45) is 3.95. The number of carbonyl (C=O) groups is 2. The summed E-state index contributed by atoms with van der Waals surface area (Å²) in [7, 11) is 0. The van der Waals surface area contributed by atoms with Gasteiger partial charge >= 0.3 is 0 Å². The number of thiazole rings is 1. The fourth-order valence-electron chi connectivity index (χ4n) is 2.43. The Morgan fingerprint density at radius 1 is 1.48 bits per heavy atom. The molecule has 0 saturated carbocycles. The molecule has 0 aromatic carbocycles. The van der Waals surface area contributed by atoms with E-state index in [4.69, 9.17) is 0 Å². The molecule has 0 unspecified atom stereocenters. The van der Waals surface area contributed by atoms with Crippen LogP contribution in [0.3, 0.4) is 0 Å². The van der Waals surface area contributed by atoms with E-state index < -0.39 is 0 Å². The summed E-state index contributed by atoms with van der Waals surface area (Å²) < 4.78 is 0. The Hall–Kier alpha value is -1.43. The third kappa shape index (κ3) is 4.03. The van der Waals surface area contributed by atoms with Crippen molar-refractivity contribution in [2.75, 3.05) is 24.5 Å². The Bertz CT molecular complexity index is 501. The van der Waals surface area contributed by atoms with E-state index in [1.54, 1.807) is 4.90 Å². The van der Waals surface area contributed by atoms with Gasteiger partial charge in [-0.1, -0.05) is 13.3 Å². The number of hydrogen-bond acceptors (Lipinski definition) is 4. The van der Waals surface area contributed by atoms with Gasteiger partial charge in [0.2, 0.25) is 11.8 Å². The SMILES string of the molecule is CCCCN(CC)C(=O)Cc1csc(N2CCCC2=O)n1. The minimum absolute atomic E-state index is 0.121. The molecule has 1 aromatic heterocycles. The maximum absolute atomic E-state index is 12.3. The van der Waals surface area contributed by atoms with E-state index in [1.165, 1.54) is 11.3 Å². The predicted octanol–water partition coefficient (Wildman–Crippen LogP) is 2.46. The van der Waals surface area contributed by atoms with E-state index in [1.807, 2.05) is 17.2 Å². The molecule has 0 N–H and O–H groups in total. The highest BCUT2D eigenvalue weighted by atomic mass is 32.1. The Kier molecular flexibility index (Phi) is 5.73. The molecule has 0 aliphatic carbocycles. The van der Waals surface area contributed by atoms with Gasteiger partial charge in [0.25, 0.3) is 0 Å². The van der Waals surface area contributed by atoms with Crippen molar-refractivity contribution >= 4 is 28.3 Å². The van der Waals surface area contributed by atoms with Crippen molar-refractivity contribution in [2.45, 2.75) is 46.0 Å². The summed E-state index contributed by atoms with van der Waals surface area (Å²) >= 11 is 1.45. The smallest absolute Gasteiger partial charge is 0.228 e. The number of unbranched alkanes of at least 4 members (excludes halogenated alkanes) is 1. The third-order valence-corrected chi connectivity index (χ3v) is 4.60. The molecule has 1 saturated heterocycles. The molecule has 0 atom stereocenters. The molecular weight excluding hydrogens is 286 g/mol. The van der Waals surface area contributed by atoms with Gasteiger partial charge in [-0.2, -0.15) is 0 Å². The summed E-state index contributed by atoms with van der Waals surface area (Å²) in [6, 6.07) is 0. The molecule has 1 aliphatic heterocycles. The Morgan fingerprint density at radius 3 is 2.90 bits per heavy atom. The van der Waals surface area contributed by atoms with Crippen molar-refractivity contribution in [3.05, 3.63) is 11.1 Å². The lowest BCUT2D eigenvalue weighted by atomic mass is 10.2. The molecule has 6 heteroatoms. The number of carbonyl (C=O) groups excluding carboxylic acids is 2. The average molecular weight is 309 g/mol. The predicted molar refractivity (Wildman–Crippen MR) is 84.6 cm³/mol. The maximum atomic E-state index is 12.3. The van der Waals surface area contributed by atoms with E-state index in [-0.39, 0.29) is 11.8 Å². The van der Waals surface area contributed by atoms with Gasteiger partial charge in [0.05, 0.1) is 12.1 Å². The molecule has 2 heterocycles. The lowest BCUT2D eigenvalue weighted by Crippen LogP contribution is -2.33. The maximum Gasteiger partial charge on any atom is 0.228 e. The first-order valence-electron chi connectivity index (χ1n) is 7.68. The zero-order valence-corrected chi connectivity index (χ0v) is 13.6. The van der Waals surface area contributed by atoms with Crippen LogP contribution in [0.2, 0.25) is 0 Å². The number of anilines is 1. The molecular formula is C15H23N3O2S. The standard InChI is InChI=1S/C15H23N3O2S/c1-3-5-8-17(4-2)14(20)10-12-11-21-15(16-12)18-9-6-7-13(18)19/h11H,3-10H2,1-2H3. The number of rotatable bonds is 7. The number of hydrogen-bond donors (Lipinski definition) is 0. The third-order valence-electron chi connectivity index (χ3n) is 3.69. The van der Waals surface area contributed by atoms with Crippen molar-refractivity contribution in [3.63, 3.8) is 0 Å². The summed E-state index contributed by atoms with van der Waals surface area (Å²) in [6.45, 7) is 6.42. The van der Waals surface area contributed by atoms with Gasteiger partial charge in [-0.15, -0.1) is 11.3 Å². The van der Waals surface area contributed by atoms with Crippen molar-refractivity contribution in [3.8, 4) is 0 Å². The normalized spacial score (nSPS) is 14.8.